The summed E-state index contributed by atoms with van der Waals surface area (Å²) in [5.74, 6) is 1.46. The van der Waals surface area contributed by atoms with Crippen molar-refractivity contribution in [1.29, 1.82) is 0 Å². The second-order valence-electron chi connectivity index (χ2n) is 5.87. The zero-order valence-corrected chi connectivity index (χ0v) is 12.7. The van der Waals surface area contributed by atoms with Crippen molar-refractivity contribution in [3.63, 3.8) is 0 Å². The minimum atomic E-state index is -0.0110. The molecule has 1 atom stereocenters. The van der Waals surface area contributed by atoms with Gasteiger partial charge >= 0.3 is 0 Å². The van der Waals surface area contributed by atoms with Gasteiger partial charge in [0.15, 0.2) is 0 Å². The van der Waals surface area contributed by atoms with Crippen LogP contribution in [0.1, 0.15) is 51.0 Å². The molecule has 0 amide bonds. The monoisotopic (exact) mass is 271 g/mol. The van der Waals surface area contributed by atoms with E-state index in [-0.39, 0.29) is 6.04 Å². The van der Waals surface area contributed by atoms with Crippen LogP contribution in [0, 0.1) is 5.92 Å². The van der Waals surface area contributed by atoms with Gasteiger partial charge in [-0.05, 0) is 29.9 Å². The molecule has 0 fully saturated rings. The zero-order chi connectivity index (χ0) is 14.5. The molecule has 0 bridgehead atoms. The number of nitrogens with zero attached hydrogens (tertiary/aromatic N) is 1. The van der Waals surface area contributed by atoms with Gasteiger partial charge in [0.05, 0.1) is 17.9 Å². The smallest absolute Gasteiger partial charge is 0.123 e. The van der Waals surface area contributed by atoms with Crippen LogP contribution in [0.3, 0.4) is 0 Å². The molecule has 3 nitrogen and oxygen atoms in total. The van der Waals surface area contributed by atoms with E-state index in [0.29, 0.717) is 5.92 Å². The summed E-state index contributed by atoms with van der Waals surface area (Å²) < 4.78 is 0. The molecule has 0 saturated carbocycles. The summed E-state index contributed by atoms with van der Waals surface area (Å²) in [4.78, 5) is 7.77. The van der Waals surface area contributed by atoms with Crippen molar-refractivity contribution < 1.29 is 0 Å². The highest BCUT2D eigenvalue weighted by atomic mass is 15.0. The van der Waals surface area contributed by atoms with Crippen LogP contribution in [-0.2, 0) is 6.42 Å². The van der Waals surface area contributed by atoms with E-state index in [1.54, 1.807) is 0 Å². The van der Waals surface area contributed by atoms with Crippen molar-refractivity contribution >= 4 is 0 Å². The summed E-state index contributed by atoms with van der Waals surface area (Å²) in [5.41, 5.74) is 9.75. The zero-order valence-electron chi connectivity index (χ0n) is 12.7. The number of hydrogen-bond donors (Lipinski definition) is 2. The molecule has 0 saturated heterocycles. The molecule has 0 aliphatic heterocycles. The summed E-state index contributed by atoms with van der Waals surface area (Å²) in [7, 11) is 0. The Morgan fingerprint density at radius 2 is 1.90 bits per heavy atom. The molecule has 0 radical (unpaired) electrons. The van der Waals surface area contributed by atoms with Crippen molar-refractivity contribution in [2.45, 2.75) is 46.1 Å². The number of imidazole rings is 1. The molecule has 2 aromatic rings. The third-order valence-electron chi connectivity index (χ3n) is 3.48. The lowest BCUT2D eigenvalue weighted by atomic mass is 10.0. The largest absolute Gasteiger partial charge is 0.341 e. The van der Waals surface area contributed by atoms with E-state index in [1.807, 2.05) is 6.20 Å². The van der Waals surface area contributed by atoms with Gasteiger partial charge in [-0.1, -0.05) is 51.5 Å². The number of nitrogens with one attached hydrogen (secondary N) is 1. The van der Waals surface area contributed by atoms with Crippen LogP contribution in [0.25, 0.3) is 11.3 Å². The number of nitrogens with two attached hydrogens (primary N) is 1. The minimum Gasteiger partial charge on any atom is -0.341 e. The Bertz CT molecular complexity index is 525. The Morgan fingerprint density at radius 1 is 1.20 bits per heavy atom. The van der Waals surface area contributed by atoms with Crippen molar-refractivity contribution in [1.82, 2.24) is 9.97 Å². The summed E-state index contributed by atoms with van der Waals surface area (Å²) in [5, 5.41) is 0. The number of benzene rings is 1. The summed E-state index contributed by atoms with van der Waals surface area (Å²) >= 11 is 0. The third-order valence-corrected chi connectivity index (χ3v) is 3.48. The highest BCUT2D eigenvalue weighted by Gasteiger charge is 2.12. The van der Waals surface area contributed by atoms with E-state index in [1.165, 1.54) is 17.5 Å². The first-order chi connectivity index (χ1) is 9.60. The molecular formula is C17H25N3. The predicted octanol–water partition coefficient (Wildman–Crippen LogP) is 4.08. The molecule has 3 heteroatoms. The van der Waals surface area contributed by atoms with Crippen molar-refractivity contribution in [2.24, 2.45) is 11.7 Å². The normalized spacial score (nSPS) is 12.8. The Labute approximate surface area is 121 Å². The van der Waals surface area contributed by atoms with E-state index < -0.39 is 0 Å². The Morgan fingerprint density at radius 3 is 2.50 bits per heavy atom. The van der Waals surface area contributed by atoms with Gasteiger partial charge in [0.25, 0.3) is 0 Å². The second kappa shape index (κ2) is 6.71. The fourth-order valence-electron chi connectivity index (χ4n) is 2.43. The van der Waals surface area contributed by atoms with Gasteiger partial charge in [-0.3, -0.25) is 0 Å². The van der Waals surface area contributed by atoms with Crippen LogP contribution in [-0.4, -0.2) is 9.97 Å². The van der Waals surface area contributed by atoms with Gasteiger partial charge in [-0.2, -0.15) is 0 Å². The molecule has 1 aromatic heterocycles. The van der Waals surface area contributed by atoms with Gasteiger partial charge in [0.2, 0.25) is 0 Å². The summed E-state index contributed by atoms with van der Waals surface area (Å²) in [6.07, 6.45) is 5.14. The maximum absolute atomic E-state index is 6.16. The highest BCUT2D eigenvalue weighted by Crippen LogP contribution is 2.22. The van der Waals surface area contributed by atoms with E-state index in [9.17, 15) is 0 Å². The quantitative estimate of drug-likeness (QED) is 0.832. The van der Waals surface area contributed by atoms with Crippen LogP contribution in [0.5, 0.6) is 0 Å². The first-order valence-corrected chi connectivity index (χ1v) is 7.50. The van der Waals surface area contributed by atoms with Gasteiger partial charge in [-0.15, -0.1) is 0 Å². The van der Waals surface area contributed by atoms with E-state index in [2.05, 4.69) is 55.0 Å². The van der Waals surface area contributed by atoms with Gasteiger partial charge in [0, 0.05) is 0 Å². The Kier molecular flexibility index (Phi) is 4.96. The molecule has 1 heterocycles. The average Bonchev–Trinajstić information content (AvgIpc) is 2.89. The molecule has 1 unspecified atom stereocenters. The van der Waals surface area contributed by atoms with Crippen molar-refractivity contribution in [3.8, 4) is 11.3 Å². The number of hydrogen-bond acceptors (Lipinski definition) is 2. The number of aromatic nitrogens is 2. The maximum Gasteiger partial charge on any atom is 0.123 e. The van der Waals surface area contributed by atoms with Crippen LogP contribution in [0.4, 0.5) is 0 Å². The highest BCUT2D eigenvalue weighted by molar-refractivity contribution is 5.58. The fraction of sp³-hybridized carbons (Fsp3) is 0.471. The Hall–Kier alpha value is -1.61. The van der Waals surface area contributed by atoms with Gasteiger partial charge < -0.3 is 10.7 Å². The molecule has 0 aliphatic rings. The minimum absolute atomic E-state index is 0.0110. The first-order valence-electron chi connectivity index (χ1n) is 7.50. The molecule has 3 N–H and O–H groups in total. The van der Waals surface area contributed by atoms with Crippen molar-refractivity contribution in [3.05, 3.63) is 41.9 Å². The van der Waals surface area contributed by atoms with Crippen LogP contribution >= 0.6 is 0 Å². The van der Waals surface area contributed by atoms with Gasteiger partial charge in [-0.25, -0.2) is 4.98 Å². The number of rotatable bonds is 6. The van der Waals surface area contributed by atoms with Crippen molar-refractivity contribution in [2.75, 3.05) is 0 Å². The molecular weight excluding hydrogens is 246 g/mol. The SMILES string of the molecule is CCCc1ccc(-c2cnc(C(N)CC(C)C)[nH]2)cc1. The van der Waals surface area contributed by atoms with Crippen LogP contribution in [0.2, 0.25) is 0 Å². The lowest BCUT2D eigenvalue weighted by Gasteiger charge is -2.11. The Balaban J connectivity index is 2.11. The predicted molar refractivity (Wildman–Crippen MR) is 84.4 cm³/mol. The van der Waals surface area contributed by atoms with E-state index in [0.717, 1.165) is 24.4 Å². The fourth-order valence-corrected chi connectivity index (χ4v) is 2.43. The molecule has 108 valence electrons. The average molecular weight is 271 g/mol. The second-order valence-corrected chi connectivity index (χ2v) is 5.87. The summed E-state index contributed by atoms with van der Waals surface area (Å²) in [6.45, 7) is 6.55. The molecule has 20 heavy (non-hydrogen) atoms. The molecule has 1 aromatic carbocycles. The lowest BCUT2D eigenvalue weighted by Crippen LogP contribution is -2.14. The first kappa shape index (κ1) is 14.8. The lowest BCUT2D eigenvalue weighted by molar-refractivity contribution is 0.496. The molecule has 2 rings (SSSR count). The van der Waals surface area contributed by atoms with E-state index in [4.69, 9.17) is 5.73 Å². The number of H-pyrrole nitrogens is 1. The number of aromatic amines is 1. The topological polar surface area (TPSA) is 54.7 Å². The molecule has 0 spiro atoms. The molecule has 0 aliphatic carbocycles. The van der Waals surface area contributed by atoms with E-state index >= 15 is 0 Å². The van der Waals surface area contributed by atoms with Gasteiger partial charge in [0.1, 0.15) is 5.82 Å². The number of aryl methyl sites for hydroxylation is 1. The standard InChI is InChI=1S/C17H25N3/c1-4-5-13-6-8-14(9-7-13)16-11-19-17(20-16)15(18)10-12(2)3/h6-9,11-12,15H,4-5,10,18H2,1-3H3,(H,19,20). The van der Waals surface area contributed by atoms with Crippen LogP contribution < -0.4 is 5.73 Å². The maximum atomic E-state index is 6.16. The third kappa shape index (κ3) is 3.70. The van der Waals surface area contributed by atoms with Crippen LogP contribution in [0.15, 0.2) is 30.5 Å². The summed E-state index contributed by atoms with van der Waals surface area (Å²) in [6, 6.07) is 8.66.